The predicted molar refractivity (Wildman–Crippen MR) is 127 cm³/mol. The molecule has 1 saturated heterocycles. The Bertz CT molecular complexity index is 1120. The van der Waals surface area contributed by atoms with E-state index in [9.17, 15) is 4.79 Å². The second-order valence-corrected chi connectivity index (χ2v) is 8.82. The van der Waals surface area contributed by atoms with Gasteiger partial charge in [0.15, 0.2) is 0 Å². The fraction of sp³-hybridized carbons (Fsp3) is 0.391. The molecule has 1 fully saturated rings. The molecule has 32 heavy (non-hydrogen) atoms. The number of benzene rings is 1. The van der Waals surface area contributed by atoms with Crippen molar-refractivity contribution < 1.29 is 4.79 Å². The van der Waals surface area contributed by atoms with Gasteiger partial charge in [0, 0.05) is 49.7 Å². The first-order chi connectivity index (χ1) is 15.3. The Balaban J connectivity index is 1.52. The van der Waals surface area contributed by atoms with Crippen LogP contribution in [0.15, 0.2) is 36.7 Å². The van der Waals surface area contributed by atoms with Crippen LogP contribution in [0.3, 0.4) is 0 Å². The van der Waals surface area contributed by atoms with Gasteiger partial charge in [-0.3, -0.25) is 9.48 Å². The largest absolute Gasteiger partial charge is 0.336 e. The Morgan fingerprint density at radius 2 is 1.91 bits per heavy atom. The van der Waals surface area contributed by atoms with Gasteiger partial charge in [-0.1, -0.05) is 11.6 Å². The van der Waals surface area contributed by atoms with Crippen LogP contribution >= 0.6 is 11.6 Å². The summed E-state index contributed by atoms with van der Waals surface area (Å²) in [5.74, 6) is 0.489. The molecular weight excluding hydrogens is 426 g/mol. The lowest BCUT2D eigenvalue weighted by Gasteiger charge is -2.32. The SMILES string of the molecule is Cc1cc(C(=O)N2CCN(C)CC2)ccc1Nc1ncc(Cl)c(-c2ccn(C(C)C)n2)n1. The second-order valence-electron chi connectivity index (χ2n) is 8.42. The Morgan fingerprint density at radius 1 is 1.16 bits per heavy atom. The Hall–Kier alpha value is -2.97. The molecule has 0 aliphatic carbocycles. The molecule has 3 heterocycles. The number of aryl methyl sites for hydroxylation is 1. The van der Waals surface area contributed by atoms with Crippen molar-refractivity contribution in [3.8, 4) is 11.4 Å². The molecule has 168 valence electrons. The highest BCUT2D eigenvalue weighted by Gasteiger charge is 2.21. The van der Waals surface area contributed by atoms with E-state index in [4.69, 9.17) is 11.6 Å². The first-order valence-electron chi connectivity index (χ1n) is 10.8. The molecule has 1 aliphatic heterocycles. The monoisotopic (exact) mass is 453 g/mol. The zero-order valence-electron chi connectivity index (χ0n) is 18.8. The molecule has 1 N–H and O–H groups in total. The van der Waals surface area contributed by atoms with Gasteiger partial charge in [0.2, 0.25) is 5.95 Å². The topological polar surface area (TPSA) is 79.2 Å². The molecule has 0 unspecified atom stereocenters. The first kappa shape index (κ1) is 22.2. The predicted octanol–water partition coefficient (Wildman–Crippen LogP) is 4.01. The Morgan fingerprint density at radius 3 is 2.56 bits per heavy atom. The number of aromatic nitrogens is 4. The van der Waals surface area contributed by atoms with Gasteiger partial charge in [-0.2, -0.15) is 5.10 Å². The van der Waals surface area contributed by atoms with Crippen molar-refractivity contribution in [1.82, 2.24) is 29.5 Å². The third kappa shape index (κ3) is 4.76. The van der Waals surface area contributed by atoms with Gasteiger partial charge >= 0.3 is 0 Å². The van der Waals surface area contributed by atoms with Gasteiger partial charge in [-0.05, 0) is 57.6 Å². The van der Waals surface area contributed by atoms with E-state index in [1.165, 1.54) is 0 Å². The zero-order chi connectivity index (χ0) is 22.8. The van der Waals surface area contributed by atoms with E-state index in [0.29, 0.717) is 27.9 Å². The summed E-state index contributed by atoms with van der Waals surface area (Å²) in [5.41, 5.74) is 3.73. The van der Waals surface area contributed by atoms with Crippen LogP contribution in [0.2, 0.25) is 5.02 Å². The maximum atomic E-state index is 12.9. The number of carbonyl (C=O) groups is 1. The smallest absolute Gasteiger partial charge is 0.253 e. The molecule has 1 amide bonds. The van der Waals surface area contributed by atoms with E-state index < -0.39 is 0 Å². The van der Waals surface area contributed by atoms with Crippen LogP contribution in [-0.4, -0.2) is 68.7 Å². The number of nitrogens with one attached hydrogen (secondary N) is 1. The summed E-state index contributed by atoms with van der Waals surface area (Å²) in [6.07, 6.45) is 3.48. The lowest BCUT2D eigenvalue weighted by molar-refractivity contribution is 0.0664. The molecule has 1 aromatic carbocycles. The fourth-order valence-electron chi connectivity index (χ4n) is 3.61. The van der Waals surface area contributed by atoms with Crippen molar-refractivity contribution in [2.45, 2.75) is 26.8 Å². The third-order valence-corrected chi connectivity index (χ3v) is 5.91. The van der Waals surface area contributed by atoms with Gasteiger partial charge in [-0.25, -0.2) is 9.97 Å². The summed E-state index contributed by atoms with van der Waals surface area (Å²) >= 11 is 6.35. The maximum absolute atomic E-state index is 12.9. The van der Waals surface area contributed by atoms with Crippen molar-refractivity contribution in [2.24, 2.45) is 0 Å². The van der Waals surface area contributed by atoms with Gasteiger partial charge in [0.05, 0.1) is 11.2 Å². The number of likely N-dealkylation sites (N-methyl/N-ethyl adjacent to an activating group) is 1. The highest BCUT2D eigenvalue weighted by atomic mass is 35.5. The van der Waals surface area contributed by atoms with E-state index in [1.54, 1.807) is 6.20 Å². The summed E-state index contributed by atoms with van der Waals surface area (Å²) in [6, 6.07) is 7.78. The number of halogens is 1. The highest BCUT2D eigenvalue weighted by Crippen LogP contribution is 2.27. The van der Waals surface area contributed by atoms with E-state index >= 15 is 0 Å². The number of hydrogen-bond acceptors (Lipinski definition) is 6. The highest BCUT2D eigenvalue weighted by molar-refractivity contribution is 6.32. The van der Waals surface area contributed by atoms with E-state index in [2.05, 4.69) is 46.2 Å². The Kier molecular flexibility index (Phi) is 6.43. The summed E-state index contributed by atoms with van der Waals surface area (Å²) in [7, 11) is 2.08. The van der Waals surface area contributed by atoms with Gasteiger partial charge in [-0.15, -0.1) is 0 Å². The van der Waals surface area contributed by atoms with E-state index in [-0.39, 0.29) is 11.9 Å². The molecule has 8 nitrogen and oxygen atoms in total. The van der Waals surface area contributed by atoms with Crippen molar-refractivity contribution >= 4 is 29.1 Å². The van der Waals surface area contributed by atoms with Crippen LogP contribution in [0.4, 0.5) is 11.6 Å². The van der Waals surface area contributed by atoms with Crippen molar-refractivity contribution in [3.05, 3.63) is 52.8 Å². The first-order valence-corrected chi connectivity index (χ1v) is 11.1. The van der Waals surface area contributed by atoms with Gasteiger partial charge in [0.1, 0.15) is 11.4 Å². The summed E-state index contributed by atoms with van der Waals surface area (Å²) in [5, 5.41) is 8.24. The number of nitrogens with zero attached hydrogens (tertiary/aromatic N) is 6. The lowest BCUT2D eigenvalue weighted by Crippen LogP contribution is -2.47. The molecular formula is C23H28ClN7O. The molecule has 9 heteroatoms. The van der Waals surface area contributed by atoms with Crippen molar-refractivity contribution in [2.75, 3.05) is 38.5 Å². The lowest BCUT2D eigenvalue weighted by atomic mass is 10.1. The van der Waals surface area contributed by atoms with Gasteiger partial charge < -0.3 is 15.1 Å². The van der Waals surface area contributed by atoms with Crippen molar-refractivity contribution in [3.63, 3.8) is 0 Å². The van der Waals surface area contributed by atoms with E-state index in [0.717, 1.165) is 37.4 Å². The van der Waals surface area contributed by atoms with Crippen LogP contribution < -0.4 is 5.32 Å². The minimum absolute atomic E-state index is 0.0681. The fourth-order valence-corrected chi connectivity index (χ4v) is 3.80. The number of hydrogen-bond donors (Lipinski definition) is 1. The molecule has 0 saturated carbocycles. The molecule has 0 spiro atoms. The van der Waals surface area contributed by atoms with Crippen LogP contribution in [0, 0.1) is 6.92 Å². The molecule has 1 aliphatic rings. The van der Waals surface area contributed by atoms with Crippen molar-refractivity contribution in [1.29, 1.82) is 0 Å². The van der Waals surface area contributed by atoms with E-state index in [1.807, 2.05) is 47.0 Å². The molecule has 4 rings (SSSR count). The van der Waals surface area contributed by atoms with Crippen LogP contribution in [0.1, 0.15) is 35.8 Å². The zero-order valence-corrected chi connectivity index (χ0v) is 19.6. The van der Waals surface area contributed by atoms with Gasteiger partial charge in [0.25, 0.3) is 5.91 Å². The number of carbonyl (C=O) groups excluding carboxylic acids is 1. The minimum atomic E-state index is 0.0681. The standard InChI is InChI=1S/C23H28ClN7O/c1-15(2)31-8-7-20(28-31)21-18(24)14-25-23(27-21)26-19-6-5-17(13-16(19)3)22(32)30-11-9-29(4)10-12-30/h5-8,13-15H,9-12H2,1-4H3,(H,25,26,27). The van der Waals surface area contributed by atoms with Crippen LogP contribution in [-0.2, 0) is 0 Å². The normalized spacial score (nSPS) is 14.8. The molecule has 0 radical (unpaired) electrons. The maximum Gasteiger partial charge on any atom is 0.253 e. The summed E-state index contributed by atoms with van der Waals surface area (Å²) in [4.78, 5) is 25.9. The number of anilines is 2. The summed E-state index contributed by atoms with van der Waals surface area (Å²) < 4.78 is 1.86. The molecule has 0 bridgehead atoms. The Labute approximate surface area is 193 Å². The molecule has 2 aromatic heterocycles. The second kappa shape index (κ2) is 9.26. The average Bonchev–Trinajstić information content (AvgIpc) is 3.27. The number of rotatable bonds is 5. The summed E-state index contributed by atoms with van der Waals surface area (Å²) in [6.45, 7) is 9.39. The number of amides is 1. The average molecular weight is 454 g/mol. The minimum Gasteiger partial charge on any atom is -0.336 e. The van der Waals surface area contributed by atoms with Crippen LogP contribution in [0.5, 0.6) is 0 Å². The molecule has 0 atom stereocenters. The molecule has 3 aromatic rings. The third-order valence-electron chi connectivity index (χ3n) is 5.63. The quantitative estimate of drug-likeness (QED) is 0.628. The number of piperazine rings is 1. The van der Waals surface area contributed by atoms with Crippen LogP contribution in [0.25, 0.3) is 11.4 Å².